The summed E-state index contributed by atoms with van der Waals surface area (Å²) in [4.78, 5) is 0. The molecule has 2 unspecified atom stereocenters. The summed E-state index contributed by atoms with van der Waals surface area (Å²) in [6, 6.07) is 17.1. The molecular formula is C22H22ClOSiZr-. The third-order valence-electron chi connectivity index (χ3n) is 5.27. The number of rotatable bonds is 3. The number of fused-ring (bicyclic) bond motifs is 2. The van der Waals surface area contributed by atoms with Gasteiger partial charge in [0.25, 0.3) is 0 Å². The van der Waals surface area contributed by atoms with Crippen molar-refractivity contribution in [1.82, 2.24) is 0 Å². The van der Waals surface area contributed by atoms with Gasteiger partial charge in [-0.15, -0.1) is 0 Å². The van der Waals surface area contributed by atoms with Crippen molar-refractivity contribution in [2.24, 2.45) is 5.92 Å². The van der Waals surface area contributed by atoms with Gasteiger partial charge in [-0.25, -0.2) is 0 Å². The minimum atomic E-state index is -0.765. The Hall–Kier alpha value is -0.730. The molecule has 2 radical (unpaired) electrons. The van der Waals surface area contributed by atoms with E-state index in [1.807, 2.05) is 13.8 Å². The Labute approximate surface area is 179 Å². The van der Waals surface area contributed by atoms with Gasteiger partial charge in [0, 0.05) is 17.8 Å². The van der Waals surface area contributed by atoms with E-state index in [0.29, 0.717) is 0 Å². The van der Waals surface area contributed by atoms with Gasteiger partial charge < -0.3 is 17.5 Å². The molecule has 0 aliphatic heterocycles. The minimum absolute atomic E-state index is 0. The van der Waals surface area contributed by atoms with Crippen LogP contribution in [0.1, 0.15) is 47.9 Å². The summed E-state index contributed by atoms with van der Waals surface area (Å²) in [6.07, 6.45) is 8.93. The summed E-state index contributed by atoms with van der Waals surface area (Å²) in [5.41, 5.74) is 4.46. The molecule has 1 N–H and O–H groups in total. The van der Waals surface area contributed by atoms with E-state index in [1.54, 1.807) is 0 Å². The molecule has 0 fully saturated rings. The zero-order valence-electron chi connectivity index (χ0n) is 15.0. The van der Waals surface area contributed by atoms with Crippen molar-refractivity contribution in [3.63, 3.8) is 0 Å². The summed E-state index contributed by atoms with van der Waals surface area (Å²) >= 11 is 1.36. The van der Waals surface area contributed by atoms with E-state index in [2.05, 4.69) is 79.7 Å². The van der Waals surface area contributed by atoms with Crippen molar-refractivity contribution in [3.05, 3.63) is 82.9 Å². The monoisotopic (exact) mass is 455 g/mol. The van der Waals surface area contributed by atoms with Gasteiger partial charge in [0.2, 0.25) is 0 Å². The first-order valence-corrected chi connectivity index (χ1v) is 12.8. The van der Waals surface area contributed by atoms with E-state index in [4.69, 9.17) is 0 Å². The second-order valence-corrected chi connectivity index (χ2v) is 7.21. The summed E-state index contributed by atoms with van der Waals surface area (Å²) < 4.78 is 0. The van der Waals surface area contributed by atoms with E-state index in [1.165, 1.54) is 45.6 Å². The summed E-state index contributed by atoms with van der Waals surface area (Å²) in [5.74, 6) is 0.598. The molecule has 0 heterocycles. The summed E-state index contributed by atoms with van der Waals surface area (Å²) in [7, 11) is 0. The van der Waals surface area contributed by atoms with Gasteiger partial charge in [0.05, 0.1) is 5.60 Å². The maximum absolute atomic E-state index is 11.0. The maximum atomic E-state index is 11.0. The molecule has 2 aromatic carbocycles. The molecule has 0 bridgehead atoms. The first-order chi connectivity index (χ1) is 12.1. The van der Waals surface area contributed by atoms with Gasteiger partial charge in [-0.1, -0.05) is 72.8 Å². The molecule has 0 spiro atoms. The molecule has 1 nitrogen and oxygen atoms in total. The molecule has 2 atom stereocenters. The average molecular weight is 457 g/mol. The Kier molecular flexibility index (Phi) is 7.44. The molecule has 2 aromatic rings. The van der Waals surface area contributed by atoms with Crippen LogP contribution in [0.4, 0.5) is 0 Å². The molecular weight excluding hydrogens is 435 g/mol. The van der Waals surface area contributed by atoms with Crippen molar-refractivity contribution >= 4 is 19.0 Å². The fraction of sp³-hybridized carbons (Fsp3) is 0.273. The second kappa shape index (κ2) is 8.97. The molecule has 4 rings (SSSR count). The Bertz CT molecular complexity index is 763. The summed E-state index contributed by atoms with van der Waals surface area (Å²) in [5, 5.41) is 11.0. The third kappa shape index (κ3) is 4.07. The van der Waals surface area contributed by atoms with Crippen LogP contribution in [0.3, 0.4) is 0 Å². The average Bonchev–Trinajstić information content (AvgIpc) is 3.22. The molecule has 0 saturated carbocycles. The normalized spacial score (nSPS) is 20.4. The number of hydrogen-bond acceptors (Lipinski definition) is 1. The standard InChI is InChI=1S/C22H22O.ClH.Si.Zr/c1-22(2,23)21(19-13-11-15-7-3-5-9-17(15)19)20-14-12-16-8-4-6-10-18(16)20;;;/h3-14,19-21,23H,1-2H3;1H;;/p-1. The molecule has 26 heavy (non-hydrogen) atoms. The van der Waals surface area contributed by atoms with Gasteiger partial charge in [-0.2, -0.15) is 0 Å². The van der Waals surface area contributed by atoms with Crippen molar-refractivity contribution < 1.29 is 40.8 Å². The fourth-order valence-electron chi connectivity index (χ4n) is 4.28. The molecule has 2 aliphatic carbocycles. The third-order valence-corrected chi connectivity index (χ3v) is 5.27. The molecule has 4 heteroatoms. The Morgan fingerprint density at radius 2 is 1.23 bits per heavy atom. The van der Waals surface area contributed by atoms with Gasteiger partial charge in [0.15, 0.2) is 0 Å². The molecule has 132 valence electrons. The predicted molar refractivity (Wildman–Crippen MR) is 102 cm³/mol. The molecule has 0 saturated heterocycles. The zero-order valence-corrected chi connectivity index (χ0v) is 19.2. The first-order valence-electron chi connectivity index (χ1n) is 8.57. The van der Waals surface area contributed by atoms with Crippen molar-refractivity contribution in [1.29, 1.82) is 0 Å². The number of aliphatic hydroxyl groups is 1. The van der Waals surface area contributed by atoms with Gasteiger partial charge in [0.1, 0.15) is 0 Å². The van der Waals surface area contributed by atoms with E-state index < -0.39 is 5.60 Å². The number of halogens is 1. The summed E-state index contributed by atoms with van der Waals surface area (Å²) in [6.45, 7) is 6.95. The number of benzene rings is 2. The van der Waals surface area contributed by atoms with E-state index in [9.17, 15) is 5.11 Å². The van der Waals surface area contributed by atoms with Crippen LogP contribution in [0.25, 0.3) is 12.2 Å². The van der Waals surface area contributed by atoms with E-state index in [-0.39, 0.29) is 30.2 Å². The van der Waals surface area contributed by atoms with Crippen LogP contribution in [0, 0.1) is 5.92 Å². The van der Waals surface area contributed by atoms with Crippen LogP contribution in [0.2, 0.25) is 0 Å². The van der Waals surface area contributed by atoms with Crippen molar-refractivity contribution in [2.75, 3.05) is 0 Å². The molecule has 0 amide bonds. The number of hydrogen-bond donors (Lipinski definition) is 1. The van der Waals surface area contributed by atoms with E-state index in [0.717, 1.165) is 0 Å². The van der Waals surface area contributed by atoms with Crippen LogP contribution in [-0.4, -0.2) is 17.6 Å². The van der Waals surface area contributed by atoms with Gasteiger partial charge in [-0.05, 0) is 36.1 Å². The Morgan fingerprint density at radius 3 is 1.62 bits per heavy atom. The SMILES string of the molecule is CC(C)(O)C(C1C=Cc2ccccc21)C1C=Cc2ccccc21.[Cl-].[Si]=[Zr]. The first kappa shape index (κ1) is 21.6. The van der Waals surface area contributed by atoms with Crippen LogP contribution in [-0.2, 0) is 23.3 Å². The van der Waals surface area contributed by atoms with Gasteiger partial charge >= 0.3 is 30.2 Å². The molecule has 0 aromatic heterocycles. The Balaban J connectivity index is 0.000000784. The van der Waals surface area contributed by atoms with E-state index >= 15 is 0 Å². The quantitative estimate of drug-likeness (QED) is 0.696. The van der Waals surface area contributed by atoms with Crippen molar-refractivity contribution in [2.45, 2.75) is 31.3 Å². The van der Waals surface area contributed by atoms with Gasteiger partial charge in [-0.3, -0.25) is 0 Å². The Morgan fingerprint density at radius 1 is 0.846 bits per heavy atom. The number of allylic oxidation sites excluding steroid dienone is 2. The van der Waals surface area contributed by atoms with Crippen LogP contribution in [0.5, 0.6) is 0 Å². The molecule has 2 aliphatic rings. The van der Waals surface area contributed by atoms with Crippen LogP contribution < -0.4 is 12.4 Å². The fourth-order valence-corrected chi connectivity index (χ4v) is 4.28. The van der Waals surface area contributed by atoms with Crippen LogP contribution >= 0.6 is 0 Å². The predicted octanol–water partition coefficient (Wildman–Crippen LogP) is 1.62. The van der Waals surface area contributed by atoms with Crippen molar-refractivity contribution in [3.8, 4) is 0 Å². The zero-order chi connectivity index (χ0) is 18.0. The topological polar surface area (TPSA) is 20.2 Å². The van der Waals surface area contributed by atoms with Crippen LogP contribution in [0.15, 0.2) is 60.7 Å². The second-order valence-electron chi connectivity index (χ2n) is 7.21.